The van der Waals surface area contributed by atoms with Gasteiger partial charge in [-0.15, -0.1) is 0 Å². The number of aromatic nitrogens is 2. The fourth-order valence-electron chi connectivity index (χ4n) is 7.91. The summed E-state index contributed by atoms with van der Waals surface area (Å²) in [6.07, 6.45) is 0. The van der Waals surface area contributed by atoms with Crippen molar-refractivity contribution in [3.05, 3.63) is 206 Å². The van der Waals surface area contributed by atoms with Gasteiger partial charge in [0.15, 0.2) is 5.82 Å². The molecule has 0 saturated carbocycles. The Morgan fingerprint density at radius 2 is 0.759 bits per heavy atom. The summed E-state index contributed by atoms with van der Waals surface area (Å²) in [5, 5.41) is 7.16. The van der Waals surface area contributed by atoms with Crippen molar-refractivity contribution >= 4 is 32.3 Å². The summed E-state index contributed by atoms with van der Waals surface area (Å²) in [6.45, 7) is 0. The second kappa shape index (κ2) is 13.4. The van der Waals surface area contributed by atoms with Gasteiger partial charge < -0.3 is 0 Å². The van der Waals surface area contributed by atoms with Gasteiger partial charge in [0.25, 0.3) is 0 Å². The van der Waals surface area contributed by atoms with Crippen LogP contribution in [-0.4, -0.2) is 9.97 Å². The molecule has 252 valence electrons. The Morgan fingerprint density at radius 1 is 0.259 bits per heavy atom. The first-order chi connectivity index (χ1) is 26.8. The minimum absolute atomic E-state index is 0.699. The molecule has 10 aromatic rings. The smallest absolute Gasteiger partial charge is 0.160 e. The fourth-order valence-corrected chi connectivity index (χ4v) is 7.91. The number of hydrogen-bond donors (Lipinski definition) is 0. The molecule has 0 spiro atoms. The summed E-state index contributed by atoms with van der Waals surface area (Å²) in [6, 6.07) is 73.4. The van der Waals surface area contributed by atoms with Crippen LogP contribution in [0, 0.1) is 0 Å². The summed E-state index contributed by atoms with van der Waals surface area (Å²) in [5.41, 5.74) is 12.1. The maximum absolute atomic E-state index is 5.42. The van der Waals surface area contributed by atoms with Crippen molar-refractivity contribution in [3.8, 4) is 67.3 Å². The molecule has 0 saturated heterocycles. The van der Waals surface area contributed by atoms with Gasteiger partial charge in [0, 0.05) is 22.1 Å². The van der Waals surface area contributed by atoms with Crippen LogP contribution >= 0.6 is 0 Å². The first-order valence-electron chi connectivity index (χ1n) is 18.4. The van der Waals surface area contributed by atoms with E-state index in [2.05, 4.69) is 200 Å². The Bertz CT molecular complexity index is 2950. The first kappa shape index (κ1) is 31.6. The third-order valence-corrected chi connectivity index (χ3v) is 10.5. The molecule has 0 fully saturated rings. The van der Waals surface area contributed by atoms with E-state index in [0.29, 0.717) is 5.82 Å². The number of benzene rings is 9. The zero-order valence-corrected chi connectivity index (χ0v) is 29.5. The van der Waals surface area contributed by atoms with Crippen molar-refractivity contribution in [2.45, 2.75) is 0 Å². The van der Waals surface area contributed by atoms with Gasteiger partial charge in [-0.25, -0.2) is 9.97 Å². The molecule has 54 heavy (non-hydrogen) atoms. The van der Waals surface area contributed by atoms with Crippen LogP contribution in [-0.2, 0) is 0 Å². The second-order valence-electron chi connectivity index (χ2n) is 13.7. The Balaban J connectivity index is 1.23. The van der Waals surface area contributed by atoms with E-state index in [1.807, 2.05) is 6.07 Å². The van der Waals surface area contributed by atoms with Crippen LogP contribution in [0.25, 0.3) is 99.6 Å². The van der Waals surface area contributed by atoms with Crippen LogP contribution in [0.3, 0.4) is 0 Å². The van der Waals surface area contributed by atoms with Crippen molar-refractivity contribution < 1.29 is 0 Å². The lowest BCUT2D eigenvalue weighted by Gasteiger charge is -2.19. The molecule has 2 nitrogen and oxygen atoms in total. The third kappa shape index (κ3) is 5.62. The highest BCUT2D eigenvalue weighted by atomic mass is 14.9. The molecule has 0 amide bonds. The van der Waals surface area contributed by atoms with E-state index in [1.165, 1.54) is 49.2 Å². The molecule has 0 aliphatic carbocycles. The minimum atomic E-state index is 0.699. The van der Waals surface area contributed by atoms with Gasteiger partial charge in [-0.05, 0) is 72.4 Å². The molecule has 1 aromatic heterocycles. The van der Waals surface area contributed by atoms with Gasteiger partial charge in [-0.3, -0.25) is 0 Å². The molecule has 0 atom stereocenters. The topological polar surface area (TPSA) is 25.8 Å². The molecular formula is C52H34N2. The summed E-state index contributed by atoms with van der Waals surface area (Å²) in [4.78, 5) is 10.7. The van der Waals surface area contributed by atoms with Gasteiger partial charge in [-0.1, -0.05) is 194 Å². The predicted octanol–water partition coefficient (Wildman–Crippen LogP) is 13.9. The molecule has 0 unspecified atom stereocenters. The minimum Gasteiger partial charge on any atom is -0.228 e. The van der Waals surface area contributed by atoms with Crippen molar-refractivity contribution in [3.63, 3.8) is 0 Å². The molecule has 0 N–H and O–H groups in total. The lowest BCUT2D eigenvalue weighted by molar-refractivity contribution is 1.19. The van der Waals surface area contributed by atoms with Crippen LogP contribution in [0.1, 0.15) is 0 Å². The van der Waals surface area contributed by atoms with Crippen LogP contribution in [0.2, 0.25) is 0 Å². The van der Waals surface area contributed by atoms with Gasteiger partial charge >= 0.3 is 0 Å². The van der Waals surface area contributed by atoms with Gasteiger partial charge in [-0.2, -0.15) is 0 Å². The highest BCUT2D eigenvalue weighted by molar-refractivity contribution is 6.27. The summed E-state index contributed by atoms with van der Waals surface area (Å²) < 4.78 is 0. The molecule has 0 radical (unpaired) electrons. The lowest BCUT2D eigenvalue weighted by Crippen LogP contribution is -1.98. The fraction of sp³-hybridized carbons (Fsp3) is 0. The molecule has 9 aromatic carbocycles. The van der Waals surface area contributed by atoms with Crippen molar-refractivity contribution in [2.24, 2.45) is 0 Å². The third-order valence-electron chi connectivity index (χ3n) is 10.5. The normalized spacial score (nSPS) is 11.3. The first-order valence-corrected chi connectivity index (χ1v) is 18.4. The van der Waals surface area contributed by atoms with Gasteiger partial charge in [0.05, 0.1) is 11.4 Å². The van der Waals surface area contributed by atoms with E-state index in [-0.39, 0.29) is 0 Å². The Morgan fingerprint density at radius 3 is 1.46 bits per heavy atom. The predicted molar refractivity (Wildman–Crippen MR) is 227 cm³/mol. The van der Waals surface area contributed by atoms with Crippen LogP contribution in [0.15, 0.2) is 206 Å². The standard InChI is InChI=1S/C52H34N2/c1-4-15-35(16-5-1)36-27-29-37(30-28-36)41-22-14-23-42(33-41)47-34-48(54-52(53-47)40-20-8-3-9-21-40)51-45-26-13-12-25-44(45)49(39-18-6-2-7-19-39)46-32-31-38-17-10-11-24-43(38)50(46)51/h1-34H. The van der Waals surface area contributed by atoms with Crippen LogP contribution < -0.4 is 0 Å². The van der Waals surface area contributed by atoms with E-state index in [1.54, 1.807) is 0 Å². The molecule has 0 bridgehead atoms. The number of rotatable bonds is 6. The molecule has 2 heteroatoms. The molecule has 0 aliphatic heterocycles. The highest BCUT2D eigenvalue weighted by Crippen LogP contribution is 2.46. The summed E-state index contributed by atoms with van der Waals surface area (Å²) in [5.74, 6) is 0.699. The van der Waals surface area contributed by atoms with E-state index < -0.39 is 0 Å². The zero-order chi connectivity index (χ0) is 35.8. The number of hydrogen-bond acceptors (Lipinski definition) is 2. The molecule has 10 rings (SSSR count). The van der Waals surface area contributed by atoms with Crippen LogP contribution in [0.5, 0.6) is 0 Å². The van der Waals surface area contributed by atoms with Crippen LogP contribution in [0.4, 0.5) is 0 Å². The molecule has 0 aliphatic rings. The monoisotopic (exact) mass is 686 g/mol. The lowest BCUT2D eigenvalue weighted by atomic mass is 9.85. The average molecular weight is 687 g/mol. The summed E-state index contributed by atoms with van der Waals surface area (Å²) >= 11 is 0. The Hall–Kier alpha value is -7.16. The number of nitrogens with zero attached hydrogens (tertiary/aromatic N) is 2. The molecular weight excluding hydrogens is 653 g/mol. The SMILES string of the molecule is c1ccc(-c2ccc(-c3cccc(-c4cc(-c5c6ccccc6c(-c6ccccc6)c6ccc7ccccc7c56)nc(-c5ccccc5)n4)c3)cc2)cc1. The maximum Gasteiger partial charge on any atom is 0.160 e. The second-order valence-corrected chi connectivity index (χ2v) is 13.7. The highest BCUT2D eigenvalue weighted by Gasteiger charge is 2.21. The zero-order valence-electron chi connectivity index (χ0n) is 29.5. The number of fused-ring (bicyclic) bond motifs is 4. The Labute approximate surface area is 314 Å². The van der Waals surface area contributed by atoms with Gasteiger partial charge in [0.1, 0.15) is 0 Å². The van der Waals surface area contributed by atoms with Crippen molar-refractivity contribution in [2.75, 3.05) is 0 Å². The van der Waals surface area contributed by atoms with Gasteiger partial charge in [0.2, 0.25) is 0 Å². The van der Waals surface area contributed by atoms with Crippen molar-refractivity contribution in [1.29, 1.82) is 0 Å². The Kier molecular flexibility index (Phi) is 7.85. The molecule has 1 heterocycles. The van der Waals surface area contributed by atoms with E-state index >= 15 is 0 Å². The quantitative estimate of drug-likeness (QED) is 0.129. The maximum atomic E-state index is 5.42. The summed E-state index contributed by atoms with van der Waals surface area (Å²) in [7, 11) is 0. The largest absolute Gasteiger partial charge is 0.228 e. The average Bonchev–Trinajstić information content (AvgIpc) is 3.26. The van der Waals surface area contributed by atoms with E-state index in [0.717, 1.165) is 44.6 Å². The van der Waals surface area contributed by atoms with Crippen molar-refractivity contribution in [1.82, 2.24) is 9.97 Å². The van der Waals surface area contributed by atoms with E-state index in [9.17, 15) is 0 Å². The van der Waals surface area contributed by atoms with E-state index in [4.69, 9.17) is 9.97 Å².